The molecule has 0 saturated heterocycles. The van der Waals surface area contributed by atoms with E-state index in [0.29, 0.717) is 11.3 Å². The summed E-state index contributed by atoms with van der Waals surface area (Å²) in [6, 6.07) is 11.3. The molecule has 128 valence electrons. The Morgan fingerprint density at radius 1 is 1.24 bits per heavy atom. The number of nitrogens with one attached hydrogen (secondary N) is 1. The molecule has 1 amide bonds. The van der Waals surface area contributed by atoms with Crippen LogP contribution in [-0.2, 0) is 14.3 Å². The molecule has 3 atom stereocenters. The summed E-state index contributed by atoms with van der Waals surface area (Å²) in [6.45, 7) is 1.41. The number of anilines is 1. The third kappa shape index (κ3) is 1.75. The number of nitriles is 2. The van der Waals surface area contributed by atoms with Gasteiger partial charge in [0.2, 0.25) is 5.91 Å². The largest absolute Gasteiger partial charge is 0.386 e. The number of fused-ring (bicyclic) bond motifs is 1. The van der Waals surface area contributed by atoms with Crippen molar-refractivity contribution in [2.75, 3.05) is 19.5 Å². The second-order valence-corrected chi connectivity index (χ2v) is 6.06. The lowest BCUT2D eigenvalue weighted by molar-refractivity contribution is -0.230. The van der Waals surface area contributed by atoms with Gasteiger partial charge in [0.1, 0.15) is 11.3 Å². The van der Waals surface area contributed by atoms with Crippen molar-refractivity contribution in [1.82, 2.24) is 0 Å². The van der Waals surface area contributed by atoms with Crippen molar-refractivity contribution in [3.8, 4) is 12.1 Å². The minimum Gasteiger partial charge on any atom is -0.386 e. The fourth-order valence-electron chi connectivity index (χ4n) is 3.98. The minimum atomic E-state index is -1.64. The maximum Gasteiger partial charge on any atom is 0.292 e. The number of ether oxygens (including phenoxy) is 2. The maximum atomic E-state index is 11.1. The van der Waals surface area contributed by atoms with Gasteiger partial charge in [0.15, 0.2) is 5.41 Å². The van der Waals surface area contributed by atoms with E-state index in [2.05, 4.69) is 22.4 Å². The van der Waals surface area contributed by atoms with Crippen LogP contribution in [0.1, 0.15) is 18.4 Å². The highest BCUT2D eigenvalue weighted by Gasteiger charge is 2.93. The van der Waals surface area contributed by atoms with Gasteiger partial charge < -0.3 is 20.5 Å². The average molecular weight is 339 g/mol. The van der Waals surface area contributed by atoms with Crippen LogP contribution in [-0.4, -0.2) is 31.9 Å². The van der Waals surface area contributed by atoms with Gasteiger partial charge >= 0.3 is 0 Å². The quantitative estimate of drug-likeness (QED) is 0.788. The Kier molecular flexibility index (Phi) is 3.57. The number of carbonyl (C=O) groups excluding carboxylic acids is 1. The number of rotatable bonds is 4. The van der Waals surface area contributed by atoms with Gasteiger partial charge in [-0.1, -0.05) is 12.1 Å². The molecule has 2 aliphatic rings. The highest BCUT2D eigenvalue weighted by molar-refractivity contribution is 6.00. The van der Waals surface area contributed by atoms with Gasteiger partial charge in [0, 0.05) is 32.7 Å². The average Bonchev–Trinajstić information content (AvgIpc) is 3.18. The number of amidine groups is 1. The monoisotopic (exact) mass is 339 g/mol. The Labute approximate surface area is 144 Å². The van der Waals surface area contributed by atoms with E-state index in [1.54, 1.807) is 24.3 Å². The highest BCUT2D eigenvalue weighted by atomic mass is 16.7. The first-order chi connectivity index (χ1) is 11.9. The summed E-state index contributed by atoms with van der Waals surface area (Å²) in [5.74, 6) is -2.36. The molecule has 25 heavy (non-hydrogen) atoms. The molecular formula is C17H17N5O3. The van der Waals surface area contributed by atoms with Crippen LogP contribution < -0.4 is 11.1 Å². The zero-order valence-corrected chi connectivity index (χ0v) is 14.0. The SMILES string of the molecule is COC1(OC)N=C(N)[C@@]2(C#N)[C@@H](c3ccc(NC(C)=O)cc3)[C@@]12C#N. The second-order valence-electron chi connectivity index (χ2n) is 6.06. The predicted octanol–water partition coefficient (Wildman–Crippen LogP) is 1.08. The smallest absolute Gasteiger partial charge is 0.292 e. The number of nitrogens with two attached hydrogens (primary N) is 1. The summed E-state index contributed by atoms with van der Waals surface area (Å²) in [5.41, 5.74) is 4.67. The zero-order valence-electron chi connectivity index (χ0n) is 14.0. The molecule has 1 aliphatic carbocycles. The zero-order chi connectivity index (χ0) is 18.5. The van der Waals surface area contributed by atoms with Crippen LogP contribution in [0.25, 0.3) is 0 Å². The van der Waals surface area contributed by atoms with Crippen LogP contribution in [0.3, 0.4) is 0 Å². The van der Waals surface area contributed by atoms with Gasteiger partial charge in [-0.05, 0) is 17.7 Å². The van der Waals surface area contributed by atoms with E-state index < -0.39 is 22.7 Å². The lowest BCUT2D eigenvalue weighted by Crippen LogP contribution is -2.41. The fraction of sp³-hybridized carbons (Fsp3) is 0.412. The first-order valence-corrected chi connectivity index (χ1v) is 7.55. The Balaban J connectivity index is 2.10. The van der Waals surface area contributed by atoms with Crippen LogP contribution >= 0.6 is 0 Å². The van der Waals surface area contributed by atoms with Crippen LogP contribution in [0.5, 0.6) is 0 Å². The Morgan fingerprint density at radius 3 is 2.28 bits per heavy atom. The normalized spacial score (nSPS) is 31.2. The number of carbonyl (C=O) groups is 1. The molecule has 0 unspecified atom stereocenters. The lowest BCUT2D eigenvalue weighted by atomic mass is 9.93. The summed E-state index contributed by atoms with van der Waals surface area (Å²) in [5, 5.41) is 22.4. The Morgan fingerprint density at radius 2 is 1.84 bits per heavy atom. The number of methoxy groups -OCH3 is 2. The third-order valence-corrected chi connectivity index (χ3v) is 5.05. The van der Waals surface area contributed by atoms with E-state index in [4.69, 9.17) is 15.2 Å². The van der Waals surface area contributed by atoms with Crippen molar-refractivity contribution >= 4 is 17.4 Å². The van der Waals surface area contributed by atoms with E-state index in [9.17, 15) is 15.3 Å². The Bertz CT molecular complexity index is 847. The third-order valence-electron chi connectivity index (χ3n) is 5.05. The Hall–Kier alpha value is -2.94. The highest BCUT2D eigenvalue weighted by Crippen LogP contribution is 2.81. The van der Waals surface area contributed by atoms with Gasteiger partial charge in [-0.25, -0.2) is 4.99 Å². The van der Waals surface area contributed by atoms with Gasteiger partial charge in [0.05, 0.1) is 12.1 Å². The number of hydrogen-bond donors (Lipinski definition) is 2. The fourth-order valence-corrected chi connectivity index (χ4v) is 3.98. The molecule has 0 aromatic heterocycles. The molecule has 8 nitrogen and oxygen atoms in total. The van der Waals surface area contributed by atoms with E-state index in [0.717, 1.165) is 0 Å². The topological polar surface area (TPSA) is 134 Å². The van der Waals surface area contributed by atoms with Crippen molar-refractivity contribution in [3.63, 3.8) is 0 Å². The van der Waals surface area contributed by atoms with Gasteiger partial charge in [0.25, 0.3) is 5.91 Å². The molecule has 8 heteroatoms. The van der Waals surface area contributed by atoms with Crippen molar-refractivity contribution in [1.29, 1.82) is 10.5 Å². The number of nitrogens with zero attached hydrogens (tertiary/aromatic N) is 3. The van der Waals surface area contributed by atoms with Crippen LogP contribution in [0.2, 0.25) is 0 Å². The molecule has 1 aliphatic heterocycles. The molecule has 0 spiro atoms. The van der Waals surface area contributed by atoms with Crippen LogP contribution in [0, 0.1) is 33.5 Å². The molecule has 1 heterocycles. The molecule has 3 rings (SSSR count). The summed E-state index contributed by atoms with van der Waals surface area (Å²) in [6.07, 6.45) is 0. The number of hydrogen-bond acceptors (Lipinski definition) is 7. The van der Waals surface area contributed by atoms with E-state index in [-0.39, 0.29) is 11.7 Å². The summed E-state index contributed by atoms with van der Waals surface area (Å²) >= 11 is 0. The molecule has 1 saturated carbocycles. The number of benzene rings is 1. The number of amides is 1. The van der Waals surface area contributed by atoms with Crippen molar-refractivity contribution in [3.05, 3.63) is 29.8 Å². The second kappa shape index (κ2) is 5.28. The molecule has 1 fully saturated rings. The lowest BCUT2D eigenvalue weighted by Gasteiger charge is -2.29. The van der Waals surface area contributed by atoms with Crippen molar-refractivity contribution < 1.29 is 14.3 Å². The number of aliphatic imine (C=N–C) groups is 1. The van der Waals surface area contributed by atoms with Crippen molar-refractivity contribution in [2.45, 2.75) is 18.8 Å². The first-order valence-electron chi connectivity index (χ1n) is 7.55. The molecule has 3 N–H and O–H groups in total. The van der Waals surface area contributed by atoms with Crippen molar-refractivity contribution in [2.24, 2.45) is 21.6 Å². The summed E-state index contributed by atoms with van der Waals surface area (Å²) in [4.78, 5) is 15.3. The maximum absolute atomic E-state index is 11.1. The minimum absolute atomic E-state index is 0.0242. The molecular weight excluding hydrogens is 322 g/mol. The summed E-state index contributed by atoms with van der Waals surface area (Å²) in [7, 11) is 2.73. The predicted molar refractivity (Wildman–Crippen MR) is 88.0 cm³/mol. The van der Waals surface area contributed by atoms with Gasteiger partial charge in [-0.15, -0.1) is 0 Å². The molecule has 0 bridgehead atoms. The molecule has 1 aromatic rings. The van der Waals surface area contributed by atoms with E-state index in [1.807, 2.05) is 0 Å². The van der Waals surface area contributed by atoms with E-state index >= 15 is 0 Å². The molecule has 0 radical (unpaired) electrons. The standard InChI is InChI=1S/C17H17N5O3/c1-10(23)21-12-6-4-11(5-7-12)13-15(8-18)14(20)22-17(24-2,25-3)16(13,15)9-19/h4-7,13H,1-3H3,(H2,20,22)(H,21,23)/t13-,15-,16-/m1/s1. The van der Waals surface area contributed by atoms with Gasteiger partial charge in [-0.2, -0.15) is 10.5 Å². The first kappa shape index (κ1) is 16.9. The van der Waals surface area contributed by atoms with Crippen LogP contribution in [0.4, 0.5) is 5.69 Å². The molecule has 1 aromatic carbocycles. The van der Waals surface area contributed by atoms with Gasteiger partial charge in [-0.3, -0.25) is 4.79 Å². The van der Waals surface area contributed by atoms with E-state index in [1.165, 1.54) is 21.1 Å². The summed E-state index contributed by atoms with van der Waals surface area (Å²) < 4.78 is 10.8. The van der Waals surface area contributed by atoms with Crippen LogP contribution in [0.15, 0.2) is 29.3 Å².